The van der Waals surface area contributed by atoms with E-state index in [2.05, 4.69) is 26.1 Å². The lowest BCUT2D eigenvalue weighted by Crippen LogP contribution is -2.42. The normalized spacial score (nSPS) is 15.5. The van der Waals surface area contributed by atoms with Crippen molar-refractivity contribution in [3.05, 3.63) is 64.8 Å². The Morgan fingerprint density at radius 1 is 1.15 bits per heavy atom. The number of amides is 2. The largest absolute Gasteiger partial charge is 0.497 e. The van der Waals surface area contributed by atoms with Crippen molar-refractivity contribution in [1.82, 2.24) is 15.1 Å². The topological polar surface area (TPSA) is 85.7 Å². The Kier molecular flexibility index (Phi) is 8.59. The van der Waals surface area contributed by atoms with Gasteiger partial charge in [-0.25, -0.2) is 4.68 Å². The van der Waals surface area contributed by atoms with Crippen LogP contribution in [0, 0.1) is 6.92 Å². The van der Waals surface area contributed by atoms with E-state index >= 15 is 0 Å². The van der Waals surface area contributed by atoms with Gasteiger partial charge in [0.05, 0.1) is 36.6 Å². The van der Waals surface area contributed by atoms with Crippen LogP contribution in [0.1, 0.15) is 61.7 Å². The fraction of sp³-hybridized carbons (Fsp3) is 0.433. The van der Waals surface area contributed by atoms with Gasteiger partial charge in [-0.05, 0) is 49.2 Å². The van der Waals surface area contributed by atoms with E-state index in [1.54, 1.807) is 19.1 Å². The lowest BCUT2D eigenvalue weighted by Gasteiger charge is -2.25. The van der Waals surface area contributed by atoms with Crippen molar-refractivity contribution < 1.29 is 19.1 Å². The van der Waals surface area contributed by atoms with Gasteiger partial charge in [-0.15, -0.1) is 11.8 Å². The minimum Gasteiger partial charge on any atom is -0.497 e. The van der Waals surface area contributed by atoms with Crippen LogP contribution in [0.3, 0.4) is 0 Å². The Bertz CT molecular complexity index is 1360. The summed E-state index contributed by atoms with van der Waals surface area (Å²) in [7, 11) is 3.28. The zero-order valence-electron chi connectivity index (χ0n) is 23.8. The summed E-state index contributed by atoms with van der Waals surface area (Å²) in [5, 5.41) is 7.79. The number of methoxy groups -OCH3 is 2. The zero-order chi connectivity index (χ0) is 28.3. The Morgan fingerprint density at radius 3 is 2.56 bits per heavy atom. The minimum atomic E-state index is -0.354. The number of hydrogen-bond acceptors (Lipinski definition) is 6. The van der Waals surface area contributed by atoms with Gasteiger partial charge in [0.1, 0.15) is 23.9 Å². The molecule has 3 aromatic rings. The van der Waals surface area contributed by atoms with E-state index in [-0.39, 0.29) is 34.8 Å². The van der Waals surface area contributed by atoms with Crippen molar-refractivity contribution >= 4 is 29.4 Å². The van der Waals surface area contributed by atoms with Gasteiger partial charge in [0.15, 0.2) is 0 Å². The van der Waals surface area contributed by atoms with Gasteiger partial charge >= 0.3 is 0 Å². The molecule has 2 heterocycles. The van der Waals surface area contributed by atoms with Crippen LogP contribution in [0.15, 0.2) is 42.5 Å². The molecule has 2 amide bonds. The number of fused-ring (bicyclic) bond motifs is 1. The molecule has 208 valence electrons. The van der Waals surface area contributed by atoms with Crippen LogP contribution in [0.4, 0.5) is 5.82 Å². The Labute approximate surface area is 235 Å². The first-order valence-corrected chi connectivity index (χ1v) is 14.2. The van der Waals surface area contributed by atoms with Gasteiger partial charge in [0, 0.05) is 23.1 Å². The maximum atomic E-state index is 13.8. The number of carbonyl (C=O) groups is 2. The van der Waals surface area contributed by atoms with Gasteiger partial charge in [-0.2, -0.15) is 5.10 Å². The highest BCUT2D eigenvalue weighted by molar-refractivity contribution is 8.00. The molecule has 4 rings (SSSR count). The number of anilines is 1. The quantitative estimate of drug-likeness (QED) is 0.416. The van der Waals surface area contributed by atoms with Crippen LogP contribution >= 0.6 is 11.8 Å². The van der Waals surface area contributed by atoms with Gasteiger partial charge in [0.2, 0.25) is 11.8 Å². The Hall–Kier alpha value is -3.46. The summed E-state index contributed by atoms with van der Waals surface area (Å²) < 4.78 is 13.2. The van der Waals surface area contributed by atoms with Gasteiger partial charge in [-0.1, -0.05) is 39.8 Å². The highest BCUT2D eigenvalue weighted by Crippen LogP contribution is 2.50. The molecule has 1 N–H and O–H groups in total. The number of ether oxygens (including phenoxy) is 2. The van der Waals surface area contributed by atoms with Crippen molar-refractivity contribution in [2.24, 2.45) is 0 Å². The van der Waals surface area contributed by atoms with E-state index in [0.29, 0.717) is 23.9 Å². The van der Waals surface area contributed by atoms with E-state index in [4.69, 9.17) is 14.6 Å². The second-order valence-electron chi connectivity index (χ2n) is 10.7. The molecule has 1 aliphatic rings. The summed E-state index contributed by atoms with van der Waals surface area (Å²) >= 11 is 1.52. The van der Waals surface area contributed by atoms with Crippen LogP contribution in [0.25, 0.3) is 5.69 Å². The number of aryl methyl sites for hydroxylation is 1. The molecule has 9 heteroatoms. The molecular formula is C30H38N4O4S. The molecule has 1 unspecified atom stereocenters. The first kappa shape index (κ1) is 28.5. The fourth-order valence-corrected chi connectivity index (χ4v) is 5.98. The molecule has 1 atom stereocenters. The number of nitrogens with one attached hydrogen (secondary N) is 1. The monoisotopic (exact) mass is 550 g/mol. The zero-order valence-corrected chi connectivity index (χ0v) is 24.6. The molecule has 0 spiro atoms. The van der Waals surface area contributed by atoms with E-state index in [1.165, 1.54) is 11.8 Å². The average Bonchev–Trinajstić information content (AvgIpc) is 3.25. The summed E-state index contributed by atoms with van der Waals surface area (Å²) in [5.41, 5.74) is 4.19. The van der Waals surface area contributed by atoms with Crippen LogP contribution in [0.2, 0.25) is 0 Å². The molecule has 1 aromatic heterocycles. The summed E-state index contributed by atoms with van der Waals surface area (Å²) in [6.07, 6.45) is 0.813. The second-order valence-corrected chi connectivity index (χ2v) is 11.8. The van der Waals surface area contributed by atoms with Gasteiger partial charge < -0.3 is 14.8 Å². The SMILES string of the molecule is CCCNC(=O)CN1C(=O)CSC(c2cc(OC)ccc2OC)c2c(C(C)(C)C)nn(-c3cccc(C)c3)c21. The Balaban J connectivity index is 2.04. The average molecular weight is 551 g/mol. The van der Waals surface area contributed by atoms with Crippen LogP contribution in [-0.2, 0) is 15.0 Å². The smallest absolute Gasteiger partial charge is 0.240 e. The molecule has 0 saturated heterocycles. The highest BCUT2D eigenvalue weighted by atomic mass is 32.2. The van der Waals surface area contributed by atoms with E-state index in [9.17, 15) is 9.59 Å². The summed E-state index contributed by atoms with van der Waals surface area (Å²) in [6.45, 7) is 10.8. The summed E-state index contributed by atoms with van der Waals surface area (Å²) in [5.74, 6) is 1.85. The van der Waals surface area contributed by atoms with Crippen molar-refractivity contribution in [2.75, 3.05) is 38.0 Å². The molecule has 0 aliphatic carbocycles. The Morgan fingerprint density at radius 2 is 1.92 bits per heavy atom. The predicted octanol–water partition coefficient (Wildman–Crippen LogP) is 5.19. The van der Waals surface area contributed by atoms with Crippen LogP contribution in [0.5, 0.6) is 11.5 Å². The second kappa shape index (κ2) is 11.7. The standard InChI is InChI=1S/C30H38N4O4S/c1-8-14-31-24(35)17-33-25(36)18-39-27(22-16-21(37-6)12-13-23(22)38-7)26-28(30(3,4)5)32-34(29(26)33)20-11-9-10-19(2)15-20/h9-13,15-16,27H,8,14,17-18H2,1-7H3,(H,31,35). The van der Waals surface area contributed by atoms with Gasteiger partial charge in [0.25, 0.3) is 0 Å². The molecule has 0 bridgehead atoms. The van der Waals surface area contributed by atoms with E-state index in [1.807, 2.05) is 61.0 Å². The number of nitrogens with zero attached hydrogens (tertiary/aromatic N) is 3. The third kappa shape index (κ3) is 5.93. The lowest BCUT2D eigenvalue weighted by molar-refractivity contribution is -0.122. The highest BCUT2D eigenvalue weighted by Gasteiger charge is 2.40. The number of benzene rings is 2. The van der Waals surface area contributed by atoms with Crippen molar-refractivity contribution in [3.63, 3.8) is 0 Å². The molecule has 0 saturated carbocycles. The number of carbonyl (C=O) groups excluding carboxylic acids is 2. The summed E-state index contributed by atoms with van der Waals surface area (Å²) in [4.78, 5) is 28.4. The van der Waals surface area contributed by atoms with Crippen molar-refractivity contribution in [2.45, 2.75) is 51.7 Å². The summed E-state index contributed by atoms with van der Waals surface area (Å²) in [6, 6.07) is 13.7. The third-order valence-electron chi connectivity index (χ3n) is 6.64. The number of thioether (sulfide) groups is 1. The molecular weight excluding hydrogens is 512 g/mol. The van der Waals surface area contributed by atoms with E-state index in [0.717, 1.165) is 34.5 Å². The third-order valence-corrected chi connectivity index (χ3v) is 7.88. The molecule has 8 nitrogen and oxygen atoms in total. The minimum absolute atomic E-state index is 0.0878. The molecule has 0 radical (unpaired) electrons. The lowest BCUT2D eigenvalue weighted by atomic mass is 9.87. The maximum Gasteiger partial charge on any atom is 0.240 e. The van der Waals surface area contributed by atoms with Crippen molar-refractivity contribution in [3.8, 4) is 17.2 Å². The fourth-order valence-electron chi connectivity index (χ4n) is 4.77. The van der Waals surface area contributed by atoms with Crippen LogP contribution in [-0.4, -0.2) is 54.7 Å². The number of aromatic nitrogens is 2. The number of rotatable bonds is 8. The molecule has 39 heavy (non-hydrogen) atoms. The van der Waals surface area contributed by atoms with E-state index < -0.39 is 0 Å². The first-order chi connectivity index (χ1) is 18.6. The van der Waals surface area contributed by atoms with Gasteiger partial charge in [-0.3, -0.25) is 14.5 Å². The number of hydrogen-bond donors (Lipinski definition) is 1. The molecule has 2 aromatic carbocycles. The maximum absolute atomic E-state index is 13.8. The first-order valence-electron chi connectivity index (χ1n) is 13.2. The molecule has 0 fully saturated rings. The van der Waals surface area contributed by atoms with Crippen LogP contribution < -0.4 is 19.7 Å². The predicted molar refractivity (Wildman–Crippen MR) is 157 cm³/mol. The van der Waals surface area contributed by atoms with Crippen molar-refractivity contribution in [1.29, 1.82) is 0 Å². The molecule has 1 aliphatic heterocycles.